The molecular formula is C17H19Cl2NS. The van der Waals surface area contributed by atoms with Crippen molar-refractivity contribution in [2.24, 2.45) is 0 Å². The fourth-order valence-electron chi connectivity index (χ4n) is 2.24. The van der Waals surface area contributed by atoms with Gasteiger partial charge in [-0.05, 0) is 48.5 Å². The van der Waals surface area contributed by atoms with Gasteiger partial charge >= 0.3 is 0 Å². The molecule has 0 aromatic heterocycles. The van der Waals surface area contributed by atoms with Gasteiger partial charge in [0.2, 0.25) is 0 Å². The molecule has 1 atom stereocenters. The molecular weight excluding hydrogens is 321 g/mol. The maximum atomic E-state index is 6.40. The van der Waals surface area contributed by atoms with Gasteiger partial charge in [0, 0.05) is 4.90 Å². The lowest BCUT2D eigenvalue weighted by Gasteiger charge is -2.21. The quantitative estimate of drug-likeness (QED) is 0.667. The summed E-state index contributed by atoms with van der Waals surface area (Å²) in [5.41, 5.74) is 2.22. The van der Waals surface area contributed by atoms with Crippen molar-refractivity contribution in [3.63, 3.8) is 0 Å². The molecule has 2 aromatic carbocycles. The van der Waals surface area contributed by atoms with Gasteiger partial charge < -0.3 is 5.32 Å². The van der Waals surface area contributed by atoms with E-state index in [0.29, 0.717) is 10.0 Å². The summed E-state index contributed by atoms with van der Waals surface area (Å²) in [5, 5.41) is 4.78. The van der Waals surface area contributed by atoms with Crippen LogP contribution in [-0.2, 0) is 0 Å². The molecule has 0 fully saturated rings. The van der Waals surface area contributed by atoms with Gasteiger partial charge in [-0.3, -0.25) is 0 Å². The van der Waals surface area contributed by atoms with E-state index in [0.717, 1.165) is 18.5 Å². The first-order valence-corrected chi connectivity index (χ1v) is 8.96. The third kappa shape index (κ3) is 4.17. The second-order valence-electron chi connectivity index (χ2n) is 4.80. The van der Waals surface area contributed by atoms with Crippen molar-refractivity contribution < 1.29 is 0 Å². The minimum Gasteiger partial charge on any atom is -0.306 e. The van der Waals surface area contributed by atoms with Gasteiger partial charge in [0.1, 0.15) is 0 Å². The van der Waals surface area contributed by atoms with Crippen molar-refractivity contribution in [3.8, 4) is 0 Å². The Labute approximate surface area is 141 Å². The largest absolute Gasteiger partial charge is 0.306 e. The molecule has 0 amide bonds. The number of halogens is 2. The lowest BCUT2D eigenvalue weighted by molar-refractivity contribution is 0.598. The van der Waals surface area contributed by atoms with Gasteiger partial charge in [-0.15, -0.1) is 11.8 Å². The number of benzene rings is 2. The standard InChI is InChI=1S/C17H19Cl2NS/c1-3-11-20-17(12-7-9-13(21-2)10-8-12)14-5-4-6-15(18)16(14)19/h4-10,17,20H,3,11H2,1-2H3. The van der Waals surface area contributed by atoms with Crippen LogP contribution in [0.25, 0.3) is 0 Å². The number of hydrogen-bond acceptors (Lipinski definition) is 2. The number of rotatable bonds is 6. The zero-order valence-corrected chi connectivity index (χ0v) is 14.5. The van der Waals surface area contributed by atoms with E-state index >= 15 is 0 Å². The summed E-state index contributed by atoms with van der Waals surface area (Å²) in [7, 11) is 0. The van der Waals surface area contributed by atoms with E-state index in [9.17, 15) is 0 Å². The first-order chi connectivity index (χ1) is 10.2. The fraction of sp³-hybridized carbons (Fsp3) is 0.294. The Morgan fingerprint density at radius 3 is 2.43 bits per heavy atom. The highest BCUT2D eigenvalue weighted by molar-refractivity contribution is 7.98. The number of nitrogens with one attached hydrogen (secondary N) is 1. The highest BCUT2D eigenvalue weighted by Crippen LogP contribution is 2.33. The van der Waals surface area contributed by atoms with Crippen molar-refractivity contribution >= 4 is 35.0 Å². The van der Waals surface area contributed by atoms with Crippen LogP contribution >= 0.6 is 35.0 Å². The molecule has 0 radical (unpaired) electrons. The Bertz CT molecular complexity index is 584. The van der Waals surface area contributed by atoms with E-state index in [4.69, 9.17) is 23.2 Å². The van der Waals surface area contributed by atoms with E-state index in [2.05, 4.69) is 42.8 Å². The average Bonchev–Trinajstić information content (AvgIpc) is 2.52. The minimum absolute atomic E-state index is 0.0621. The van der Waals surface area contributed by atoms with Crippen LogP contribution in [0.2, 0.25) is 10.0 Å². The molecule has 112 valence electrons. The van der Waals surface area contributed by atoms with Crippen molar-refractivity contribution in [2.75, 3.05) is 12.8 Å². The lowest BCUT2D eigenvalue weighted by Crippen LogP contribution is -2.23. The summed E-state index contributed by atoms with van der Waals surface area (Å²) in [6, 6.07) is 14.4. The van der Waals surface area contributed by atoms with Crippen molar-refractivity contribution in [1.29, 1.82) is 0 Å². The van der Waals surface area contributed by atoms with Crippen molar-refractivity contribution in [2.45, 2.75) is 24.3 Å². The molecule has 0 aliphatic rings. The summed E-state index contributed by atoms with van der Waals surface area (Å²) in [4.78, 5) is 1.25. The summed E-state index contributed by atoms with van der Waals surface area (Å²) < 4.78 is 0. The highest BCUT2D eigenvalue weighted by Gasteiger charge is 2.17. The average molecular weight is 340 g/mol. The Balaban J connectivity index is 2.39. The Kier molecular flexibility index (Phi) is 6.43. The van der Waals surface area contributed by atoms with Crippen LogP contribution in [0, 0.1) is 0 Å². The van der Waals surface area contributed by atoms with E-state index in [1.807, 2.05) is 18.2 Å². The molecule has 0 saturated carbocycles. The number of hydrogen-bond donors (Lipinski definition) is 1. The predicted octanol–water partition coefficient (Wildman–Crippen LogP) is 5.80. The summed E-state index contributed by atoms with van der Waals surface area (Å²) >= 11 is 14.3. The van der Waals surface area contributed by atoms with E-state index in [1.54, 1.807) is 11.8 Å². The minimum atomic E-state index is 0.0621. The van der Waals surface area contributed by atoms with Crippen LogP contribution in [0.5, 0.6) is 0 Å². The summed E-state index contributed by atoms with van der Waals surface area (Å²) in [6.07, 6.45) is 3.15. The van der Waals surface area contributed by atoms with E-state index < -0.39 is 0 Å². The smallest absolute Gasteiger partial charge is 0.0643 e. The van der Waals surface area contributed by atoms with Crippen LogP contribution in [0.15, 0.2) is 47.4 Å². The molecule has 0 aliphatic heterocycles. The van der Waals surface area contributed by atoms with Gasteiger partial charge in [0.15, 0.2) is 0 Å². The Hall–Kier alpha value is -0.670. The summed E-state index contributed by atoms with van der Waals surface area (Å²) in [6.45, 7) is 3.08. The van der Waals surface area contributed by atoms with Gasteiger partial charge in [-0.1, -0.05) is 54.4 Å². The molecule has 1 unspecified atom stereocenters. The lowest BCUT2D eigenvalue weighted by atomic mass is 9.98. The van der Waals surface area contributed by atoms with Gasteiger partial charge in [0.25, 0.3) is 0 Å². The van der Waals surface area contributed by atoms with E-state index in [1.165, 1.54) is 10.5 Å². The van der Waals surface area contributed by atoms with Crippen molar-refractivity contribution in [3.05, 3.63) is 63.6 Å². The second-order valence-corrected chi connectivity index (χ2v) is 6.47. The zero-order valence-electron chi connectivity index (χ0n) is 12.2. The van der Waals surface area contributed by atoms with Crippen LogP contribution in [0.4, 0.5) is 0 Å². The zero-order chi connectivity index (χ0) is 15.2. The molecule has 0 heterocycles. The molecule has 2 aromatic rings. The van der Waals surface area contributed by atoms with Crippen LogP contribution in [0.1, 0.15) is 30.5 Å². The molecule has 1 nitrogen and oxygen atoms in total. The maximum absolute atomic E-state index is 6.40. The normalized spacial score (nSPS) is 12.4. The molecule has 21 heavy (non-hydrogen) atoms. The van der Waals surface area contributed by atoms with Crippen LogP contribution < -0.4 is 5.32 Å². The van der Waals surface area contributed by atoms with E-state index in [-0.39, 0.29) is 6.04 Å². The van der Waals surface area contributed by atoms with Gasteiger partial charge in [0.05, 0.1) is 16.1 Å². The predicted molar refractivity (Wildman–Crippen MR) is 94.8 cm³/mol. The Morgan fingerprint density at radius 1 is 1.10 bits per heavy atom. The summed E-state index contributed by atoms with van der Waals surface area (Å²) in [5.74, 6) is 0. The SMILES string of the molecule is CCCNC(c1ccc(SC)cc1)c1cccc(Cl)c1Cl. The van der Waals surface area contributed by atoms with Crippen LogP contribution in [-0.4, -0.2) is 12.8 Å². The first-order valence-electron chi connectivity index (χ1n) is 6.98. The molecule has 4 heteroatoms. The molecule has 0 saturated heterocycles. The van der Waals surface area contributed by atoms with Gasteiger partial charge in [-0.2, -0.15) is 0 Å². The third-order valence-corrected chi connectivity index (χ3v) is 4.92. The van der Waals surface area contributed by atoms with Crippen molar-refractivity contribution in [1.82, 2.24) is 5.32 Å². The second kappa shape index (κ2) is 8.09. The molecule has 2 rings (SSSR count). The topological polar surface area (TPSA) is 12.0 Å². The molecule has 0 bridgehead atoms. The first kappa shape index (κ1) is 16.7. The highest BCUT2D eigenvalue weighted by atomic mass is 35.5. The molecule has 1 N–H and O–H groups in total. The molecule has 0 aliphatic carbocycles. The van der Waals surface area contributed by atoms with Crippen LogP contribution in [0.3, 0.4) is 0 Å². The maximum Gasteiger partial charge on any atom is 0.0643 e. The molecule has 0 spiro atoms. The Morgan fingerprint density at radius 2 is 1.81 bits per heavy atom. The number of thioether (sulfide) groups is 1. The fourth-order valence-corrected chi connectivity index (χ4v) is 3.06. The monoisotopic (exact) mass is 339 g/mol. The van der Waals surface area contributed by atoms with Gasteiger partial charge in [-0.25, -0.2) is 0 Å². The third-order valence-electron chi connectivity index (χ3n) is 3.34.